The van der Waals surface area contributed by atoms with Gasteiger partial charge in [-0.1, -0.05) is 0 Å². The normalized spacial score (nSPS) is 11.6. The third-order valence-electron chi connectivity index (χ3n) is 2.62. The van der Waals surface area contributed by atoms with E-state index in [0.29, 0.717) is 20.0 Å². The monoisotopic (exact) mass is 376 g/mol. The molecule has 108 valence electrons. The van der Waals surface area contributed by atoms with Crippen molar-refractivity contribution in [2.45, 2.75) is 25.3 Å². The lowest BCUT2D eigenvalue weighted by Crippen LogP contribution is -2.14. The Morgan fingerprint density at radius 2 is 2.10 bits per heavy atom. The van der Waals surface area contributed by atoms with Crippen LogP contribution < -0.4 is 4.72 Å². The summed E-state index contributed by atoms with van der Waals surface area (Å²) in [5.74, 6) is 0. The average Bonchev–Trinajstić information content (AvgIpc) is 2.75. The lowest BCUT2D eigenvalue weighted by atomic mass is 10.3. The second-order valence-electron chi connectivity index (χ2n) is 4.20. The first-order valence-electron chi connectivity index (χ1n) is 5.69. The van der Waals surface area contributed by atoms with Crippen LogP contribution in [0.5, 0.6) is 0 Å². The van der Waals surface area contributed by atoms with Crippen LogP contribution in [0.2, 0.25) is 0 Å². The highest BCUT2D eigenvalue weighted by Gasteiger charge is 2.21. The zero-order chi connectivity index (χ0) is 14.9. The molecular formula is C12H13BrN2O3S2. The highest BCUT2D eigenvalue weighted by Crippen LogP contribution is 2.33. The molecule has 2 rings (SSSR count). The van der Waals surface area contributed by atoms with E-state index in [1.54, 1.807) is 19.1 Å². The van der Waals surface area contributed by atoms with Crippen LogP contribution in [-0.4, -0.2) is 18.5 Å². The van der Waals surface area contributed by atoms with Gasteiger partial charge in [0.1, 0.15) is 4.90 Å². The minimum Gasteiger partial charge on any atom is -0.391 e. The summed E-state index contributed by atoms with van der Waals surface area (Å²) in [6.45, 7) is 3.39. The van der Waals surface area contributed by atoms with E-state index in [9.17, 15) is 8.42 Å². The molecule has 0 aliphatic heterocycles. The second-order valence-corrected chi connectivity index (χ2v) is 8.31. The minimum atomic E-state index is -3.71. The second kappa shape index (κ2) is 5.80. The molecule has 2 N–H and O–H groups in total. The number of halogens is 1. The maximum Gasteiger partial charge on any atom is 0.263 e. The van der Waals surface area contributed by atoms with Gasteiger partial charge in [0.2, 0.25) is 0 Å². The molecule has 0 saturated carbocycles. The summed E-state index contributed by atoms with van der Waals surface area (Å²) in [5.41, 5.74) is 1.88. The maximum atomic E-state index is 12.3. The Kier molecular flexibility index (Phi) is 4.48. The maximum absolute atomic E-state index is 12.3. The van der Waals surface area contributed by atoms with Crippen molar-refractivity contribution in [1.29, 1.82) is 0 Å². The molecule has 0 aromatic carbocycles. The van der Waals surface area contributed by atoms with Gasteiger partial charge in [-0.25, -0.2) is 8.42 Å². The number of hydrogen-bond donors (Lipinski definition) is 2. The lowest BCUT2D eigenvalue weighted by Gasteiger charge is -2.09. The first kappa shape index (κ1) is 15.4. The molecule has 0 saturated heterocycles. The van der Waals surface area contributed by atoms with Crippen LogP contribution >= 0.6 is 27.3 Å². The molecule has 0 fully saturated rings. The molecule has 0 aliphatic rings. The zero-order valence-corrected chi connectivity index (χ0v) is 14.1. The molecular weight excluding hydrogens is 364 g/mol. The summed E-state index contributed by atoms with van der Waals surface area (Å²) in [7, 11) is -3.71. The lowest BCUT2D eigenvalue weighted by molar-refractivity contribution is 0.285. The summed E-state index contributed by atoms with van der Waals surface area (Å²) in [6.07, 6.45) is 0. The molecule has 2 heterocycles. The van der Waals surface area contributed by atoms with E-state index in [4.69, 9.17) is 5.11 Å². The van der Waals surface area contributed by atoms with Crippen LogP contribution in [0, 0.1) is 13.8 Å². The molecule has 0 atom stereocenters. The van der Waals surface area contributed by atoms with Gasteiger partial charge in [-0.05, 0) is 48.0 Å². The highest BCUT2D eigenvalue weighted by molar-refractivity contribution is 9.11. The Hall–Kier alpha value is -0.960. The van der Waals surface area contributed by atoms with Gasteiger partial charge in [0, 0.05) is 10.6 Å². The standard InChI is InChI=1S/C12H13BrN2O3S2/c1-7-3-4-10(8(2)14-7)15-20(17,18)11-5-9(6-16)19-12(11)13/h3-5,15-16H,6H2,1-2H3. The van der Waals surface area contributed by atoms with Crippen LogP contribution in [0.3, 0.4) is 0 Å². The first-order valence-corrected chi connectivity index (χ1v) is 8.79. The van der Waals surface area contributed by atoms with Gasteiger partial charge in [-0.15, -0.1) is 11.3 Å². The van der Waals surface area contributed by atoms with E-state index in [1.807, 2.05) is 6.92 Å². The predicted octanol–water partition coefficient (Wildman–Crippen LogP) is 2.82. The van der Waals surface area contributed by atoms with E-state index in [2.05, 4.69) is 25.6 Å². The van der Waals surface area contributed by atoms with Crippen LogP contribution in [0.25, 0.3) is 0 Å². The van der Waals surface area contributed by atoms with Crippen molar-refractivity contribution >= 4 is 43.0 Å². The van der Waals surface area contributed by atoms with E-state index < -0.39 is 10.0 Å². The van der Waals surface area contributed by atoms with Crippen LogP contribution in [0.1, 0.15) is 16.3 Å². The average molecular weight is 377 g/mol. The fourth-order valence-electron chi connectivity index (χ4n) is 1.65. The SMILES string of the molecule is Cc1ccc(NS(=O)(=O)c2cc(CO)sc2Br)c(C)n1. The van der Waals surface area contributed by atoms with Crippen molar-refractivity contribution in [2.24, 2.45) is 0 Å². The molecule has 0 amide bonds. The molecule has 0 bridgehead atoms. The number of pyridine rings is 1. The van der Waals surface area contributed by atoms with Crippen LogP contribution in [0.15, 0.2) is 26.9 Å². The number of thiophene rings is 1. The van der Waals surface area contributed by atoms with Crippen molar-refractivity contribution in [3.63, 3.8) is 0 Å². The smallest absolute Gasteiger partial charge is 0.263 e. The third-order valence-corrected chi connectivity index (χ3v) is 6.22. The number of sulfonamides is 1. The summed E-state index contributed by atoms with van der Waals surface area (Å²) in [4.78, 5) is 4.92. The molecule has 2 aromatic rings. The van der Waals surface area contributed by atoms with Crippen LogP contribution in [0.4, 0.5) is 5.69 Å². The molecule has 5 nitrogen and oxygen atoms in total. The number of aliphatic hydroxyl groups is 1. The summed E-state index contributed by atoms with van der Waals surface area (Å²) >= 11 is 4.40. The molecule has 20 heavy (non-hydrogen) atoms. The summed E-state index contributed by atoms with van der Waals surface area (Å²) in [5, 5.41) is 9.07. The number of nitrogens with zero attached hydrogens (tertiary/aromatic N) is 1. The molecule has 0 radical (unpaired) electrons. The quantitative estimate of drug-likeness (QED) is 0.859. The summed E-state index contributed by atoms with van der Waals surface area (Å²) in [6, 6.07) is 4.88. The number of hydrogen-bond acceptors (Lipinski definition) is 5. The fourth-order valence-corrected chi connectivity index (χ4v) is 5.31. The van der Waals surface area contributed by atoms with Gasteiger partial charge in [-0.3, -0.25) is 9.71 Å². The van der Waals surface area contributed by atoms with Gasteiger partial charge in [-0.2, -0.15) is 0 Å². The van der Waals surface area contributed by atoms with Gasteiger partial charge in [0.25, 0.3) is 10.0 Å². The molecule has 8 heteroatoms. The fraction of sp³-hybridized carbons (Fsp3) is 0.250. The molecule has 0 unspecified atom stereocenters. The topological polar surface area (TPSA) is 79.3 Å². The van der Waals surface area contributed by atoms with E-state index in [1.165, 1.54) is 17.4 Å². The number of rotatable bonds is 4. The Labute approximate surface area is 129 Å². The number of aromatic nitrogens is 1. The minimum absolute atomic E-state index is 0.117. The Bertz CT molecular complexity index is 741. The van der Waals surface area contributed by atoms with E-state index in [0.717, 1.165) is 5.69 Å². The first-order chi connectivity index (χ1) is 9.33. The Morgan fingerprint density at radius 1 is 1.40 bits per heavy atom. The van der Waals surface area contributed by atoms with Crippen molar-refractivity contribution in [3.8, 4) is 0 Å². The summed E-state index contributed by atoms with van der Waals surface area (Å²) < 4.78 is 27.7. The van der Waals surface area contributed by atoms with Crippen molar-refractivity contribution in [2.75, 3.05) is 4.72 Å². The number of nitrogens with one attached hydrogen (secondary N) is 1. The largest absolute Gasteiger partial charge is 0.391 e. The van der Waals surface area contributed by atoms with Crippen molar-refractivity contribution < 1.29 is 13.5 Å². The van der Waals surface area contributed by atoms with E-state index >= 15 is 0 Å². The van der Waals surface area contributed by atoms with Gasteiger partial charge >= 0.3 is 0 Å². The van der Waals surface area contributed by atoms with E-state index in [-0.39, 0.29) is 11.5 Å². The van der Waals surface area contributed by atoms with Gasteiger partial charge in [0.05, 0.1) is 21.8 Å². The highest BCUT2D eigenvalue weighted by atomic mass is 79.9. The molecule has 2 aromatic heterocycles. The van der Waals surface area contributed by atoms with Crippen LogP contribution in [-0.2, 0) is 16.6 Å². The van der Waals surface area contributed by atoms with Gasteiger partial charge in [0.15, 0.2) is 0 Å². The Morgan fingerprint density at radius 3 is 2.65 bits per heavy atom. The number of anilines is 1. The molecule has 0 spiro atoms. The third kappa shape index (κ3) is 3.20. The predicted molar refractivity (Wildman–Crippen MR) is 82.5 cm³/mol. The number of aryl methyl sites for hydroxylation is 2. The molecule has 0 aliphatic carbocycles. The van der Waals surface area contributed by atoms with Crippen molar-refractivity contribution in [3.05, 3.63) is 38.3 Å². The van der Waals surface area contributed by atoms with Gasteiger partial charge < -0.3 is 5.11 Å². The number of aliphatic hydroxyl groups excluding tert-OH is 1. The zero-order valence-electron chi connectivity index (χ0n) is 10.8. The Balaban J connectivity index is 2.38. The van der Waals surface area contributed by atoms with Crippen molar-refractivity contribution in [1.82, 2.24) is 4.98 Å².